The summed E-state index contributed by atoms with van der Waals surface area (Å²) in [6.45, 7) is 5.90. The molecule has 0 spiro atoms. The first-order chi connectivity index (χ1) is 9.86. The molecule has 0 saturated heterocycles. The van der Waals surface area contributed by atoms with E-state index >= 15 is 0 Å². The quantitative estimate of drug-likeness (QED) is 0.787. The standard InChI is InChI=1S/C16H23FN2O2/c1-11(2)14-9-13(6-7-15(14)17)19(4)12(3)5-8-16(21)18-10-20/h6-7,9-12H,5,8H2,1-4H3,(H,18,20,21). The number of anilines is 1. The van der Waals surface area contributed by atoms with Crippen LogP contribution in [0.1, 0.15) is 45.1 Å². The minimum atomic E-state index is -0.285. The topological polar surface area (TPSA) is 49.4 Å². The number of benzene rings is 1. The van der Waals surface area contributed by atoms with E-state index in [1.165, 1.54) is 6.07 Å². The van der Waals surface area contributed by atoms with Crippen molar-refractivity contribution in [1.82, 2.24) is 5.32 Å². The molecule has 0 bridgehead atoms. The number of nitrogens with one attached hydrogen (secondary N) is 1. The number of rotatable bonds is 7. The summed E-state index contributed by atoms with van der Waals surface area (Å²) in [7, 11) is 1.92. The molecule has 1 aromatic rings. The van der Waals surface area contributed by atoms with Gasteiger partial charge in [0.1, 0.15) is 5.82 Å². The van der Waals surface area contributed by atoms with E-state index in [0.29, 0.717) is 18.4 Å². The lowest BCUT2D eigenvalue weighted by atomic mass is 10.0. The van der Waals surface area contributed by atoms with E-state index in [4.69, 9.17) is 0 Å². The van der Waals surface area contributed by atoms with Gasteiger partial charge >= 0.3 is 0 Å². The average Bonchev–Trinajstić information content (AvgIpc) is 2.44. The lowest BCUT2D eigenvalue weighted by Gasteiger charge is -2.27. The summed E-state index contributed by atoms with van der Waals surface area (Å²) in [6.07, 6.45) is 1.29. The predicted molar refractivity (Wildman–Crippen MR) is 81.8 cm³/mol. The van der Waals surface area contributed by atoms with Crippen LogP contribution in [0.4, 0.5) is 10.1 Å². The summed E-state index contributed by atoms with van der Waals surface area (Å²) in [4.78, 5) is 23.5. The SMILES string of the molecule is CC(C)c1cc(N(C)C(C)CCC(=O)NC=O)ccc1F. The Bertz CT molecular complexity index is 503. The van der Waals surface area contributed by atoms with Crippen LogP contribution in [-0.2, 0) is 9.59 Å². The van der Waals surface area contributed by atoms with Gasteiger partial charge in [0.15, 0.2) is 0 Å². The Hall–Kier alpha value is -1.91. The van der Waals surface area contributed by atoms with Gasteiger partial charge in [0.25, 0.3) is 0 Å². The van der Waals surface area contributed by atoms with Crippen molar-refractivity contribution in [2.75, 3.05) is 11.9 Å². The van der Waals surface area contributed by atoms with E-state index in [2.05, 4.69) is 5.32 Å². The largest absolute Gasteiger partial charge is 0.372 e. The highest BCUT2D eigenvalue weighted by Gasteiger charge is 2.15. The molecule has 21 heavy (non-hydrogen) atoms. The average molecular weight is 294 g/mol. The molecular weight excluding hydrogens is 271 g/mol. The zero-order valence-electron chi connectivity index (χ0n) is 13.0. The van der Waals surface area contributed by atoms with E-state index in [9.17, 15) is 14.0 Å². The Balaban J connectivity index is 2.73. The second-order valence-electron chi connectivity index (χ2n) is 5.54. The predicted octanol–water partition coefficient (Wildman–Crippen LogP) is 2.83. The van der Waals surface area contributed by atoms with Crippen LogP contribution in [0.25, 0.3) is 0 Å². The summed E-state index contributed by atoms with van der Waals surface area (Å²) >= 11 is 0. The molecule has 1 aromatic carbocycles. The Morgan fingerprint density at radius 1 is 1.38 bits per heavy atom. The summed E-state index contributed by atoms with van der Waals surface area (Å²) < 4.78 is 13.7. The third-order valence-electron chi connectivity index (χ3n) is 3.68. The molecule has 5 heteroatoms. The van der Waals surface area contributed by atoms with Crippen LogP contribution in [0.5, 0.6) is 0 Å². The molecule has 0 aliphatic rings. The maximum atomic E-state index is 13.7. The van der Waals surface area contributed by atoms with Crippen molar-refractivity contribution in [3.63, 3.8) is 0 Å². The second-order valence-corrected chi connectivity index (χ2v) is 5.54. The smallest absolute Gasteiger partial charge is 0.226 e. The number of carbonyl (C=O) groups is 2. The molecule has 1 rings (SSSR count). The molecule has 0 saturated carbocycles. The van der Waals surface area contributed by atoms with Gasteiger partial charge in [0, 0.05) is 25.2 Å². The van der Waals surface area contributed by atoms with Crippen molar-refractivity contribution in [2.45, 2.75) is 45.6 Å². The van der Waals surface area contributed by atoms with Crippen LogP contribution in [0, 0.1) is 5.82 Å². The van der Waals surface area contributed by atoms with Crippen LogP contribution in [0.2, 0.25) is 0 Å². The van der Waals surface area contributed by atoms with Gasteiger partial charge in [-0.2, -0.15) is 0 Å². The molecule has 0 aromatic heterocycles. The number of imide groups is 1. The van der Waals surface area contributed by atoms with Crippen molar-refractivity contribution >= 4 is 18.0 Å². The molecule has 2 amide bonds. The maximum absolute atomic E-state index is 13.7. The Labute approximate surface area is 125 Å². The van der Waals surface area contributed by atoms with Gasteiger partial charge in [0.2, 0.25) is 12.3 Å². The number of hydrogen-bond acceptors (Lipinski definition) is 3. The number of carbonyl (C=O) groups excluding carboxylic acids is 2. The first kappa shape index (κ1) is 17.1. The zero-order chi connectivity index (χ0) is 16.0. The highest BCUT2D eigenvalue weighted by molar-refractivity contribution is 5.85. The Kier molecular flexibility index (Phi) is 6.34. The molecule has 1 N–H and O–H groups in total. The normalized spacial score (nSPS) is 12.1. The van der Waals surface area contributed by atoms with E-state index in [1.54, 1.807) is 6.07 Å². The Morgan fingerprint density at radius 2 is 2.05 bits per heavy atom. The fourth-order valence-corrected chi connectivity index (χ4v) is 2.12. The highest BCUT2D eigenvalue weighted by Crippen LogP contribution is 2.25. The molecule has 0 fully saturated rings. The van der Waals surface area contributed by atoms with E-state index in [-0.39, 0.29) is 30.1 Å². The highest BCUT2D eigenvalue weighted by atomic mass is 19.1. The van der Waals surface area contributed by atoms with Gasteiger partial charge in [-0.1, -0.05) is 13.8 Å². The summed E-state index contributed by atoms with van der Waals surface area (Å²) in [6, 6.07) is 5.17. The molecule has 0 radical (unpaired) electrons. The van der Waals surface area contributed by atoms with Crippen LogP contribution in [0.3, 0.4) is 0 Å². The molecule has 0 aliphatic heterocycles. The van der Waals surface area contributed by atoms with Crippen LogP contribution >= 0.6 is 0 Å². The first-order valence-electron chi connectivity index (χ1n) is 7.12. The van der Waals surface area contributed by atoms with Gasteiger partial charge in [-0.15, -0.1) is 0 Å². The number of halogens is 1. The molecule has 0 aliphatic carbocycles. The van der Waals surface area contributed by atoms with Crippen LogP contribution in [0.15, 0.2) is 18.2 Å². The molecular formula is C16H23FN2O2. The minimum Gasteiger partial charge on any atom is -0.372 e. The third-order valence-corrected chi connectivity index (χ3v) is 3.68. The minimum absolute atomic E-state index is 0.105. The lowest BCUT2D eigenvalue weighted by Crippen LogP contribution is -2.31. The van der Waals surface area contributed by atoms with Crippen molar-refractivity contribution in [3.8, 4) is 0 Å². The van der Waals surface area contributed by atoms with Gasteiger partial charge < -0.3 is 4.90 Å². The fourth-order valence-electron chi connectivity index (χ4n) is 2.12. The lowest BCUT2D eigenvalue weighted by molar-refractivity contribution is -0.125. The third kappa shape index (κ3) is 4.85. The fraction of sp³-hybridized carbons (Fsp3) is 0.500. The van der Waals surface area contributed by atoms with Crippen LogP contribution in [-0.4, -0.2) is 25.4 Å². The second kappa shape index (κ2) is 7.76. The Morgan fingerprint density at radius 3 is 2.62 bits per heavy atom. The molecule has 1 atom stereocenters. The number of nitrogens with zero attached hydrogens (tertiary/aromatic N) is 1. The molecule has 1 unspecified atom stereocenters. The van der Waals surface area contributed by atoms with Gasteiger partial charge in [-0.05, 0) is 43.0 Å². The number of amides is 2. The zero-order valence-corrected chi connectivity index (χ0v) is 13.0. The van der Waals surface area contributed by atoms with Gasteiger partial charge in [-0.3, -0.25) is 14.9 Å². The monoisotopic (exact) mass is 294 g/mol. The van der Waals surface area contributed by atoms with E-state index in [0.717, 1.165) is 5.69 Å². The van der Waals surface area contributed by atoms with E-state index in [1.807, 2.05) is 38.8 Å². The summed E-state index contributed by atoms with van der Waals surface area (Å²) in [5.74, 6) is -0.362. The van der Waals surface area contributed by atoms with Crippen LogP contribution < -0.4 is 10.2 Å². The number of hydrogen-bond donors (Lipinski definition) is 1. The summed E-state index contributed by atoms with van der Waals surface area (Å²) in [5.41, 5.74) is 1.61. The maximum Gasteiger partial charge on any atom is 0.226 e. The van der Waals surface area contributed by atoms with E-state index < -0.39 is 0 Å². The first-order valence-corrected chi connectivity index (χ1v) is 7.12. The van der Waals surface area contributed by atoms with Crippen molar-refractivity contribution in [3.05, 3.63) is 29.6 Å². The van der Waals surface area contributed by atoms with Gasteiger partial charge in [-0.25, -0.2) is 4.39 Å². The van der Waals surface area contributed by atoms with Crippen molar-refractivity contribution < 1.29 is 14.0 Å². The molecule has 0 heterocycles. The molecule has 4 nitrogen and oxygen atoms in total. The summed E-state index contributed by atoms with van der Waals surface area (Å²) in [5, 5.41) is 2.12. The molecule has 116 valence electrons. The van der Waals surface area contributed by atoms with Crippen molar-refractivity contribution in [1.29, 1.82) is 0 Å². The van der Waals surface area contributed by atoms with Gasteiger partial charge in [0.05, 0.1) is 0 Å². The van der Waals surface area contributed by atoms with Crippen molar-refractivity contribution in [2.24, 2.45) is 0 Å².